The first-order chi connectivity index (χ1) is 15.5. The van der Waals surface area contributed by atoms with Crippen LogP contribution in [0.25, 0.3) is 23.0 Å². The summed E-state index contributed by atoms with van der Waals surface area (Å²) in [7, 11) is 1.59. The number of rotatable bonds is 4. The molecule has 4 aromatic heterocycles. The zero-order chi connectivity index (χ0) is 23.8. The Morgan fingerprint density at radius 2 is 1.52 bits per heavy atom. The molecule has 4 heterocycles. The maximum atomic E-state index is 13.1. The van der Waals surface area contributed by atoms with Gasteiger partial charge < -0.3 is 5.32 Å². The van der Waals surface area contributed by atoms with Crippen molar-refractivity contribution < 1.29 is 26.3 Å². The number of aryl methyl sites for hydroxylation is 1. The van der Waals surface area contributed by atoms with Crippen molar-refractivity contribution in [2.75, 3.05) is 5.32 Å². The number of nitrogens with one attached hydrogen (secondary N) is 1. The minimum atomic E-state index is -4.69. The molecule has 8 nitrogen and oxygen atoms in total. The van der Waals surface area contributed by atoms with E-state index in [1.807, 2.05) is 0 Å². The fourth-order valence-electron chi connectivity index (χ4n) is 2.76. The van der Waals surface area contributed by atoms with Gasteiger partial charge in [0, 0.05) is 25.1 Å². The molecule has 14 heteroatoms. The molecule has 33 heavy (non-hydrogen) atoms. The van der Waals surface area contributed by atoms with Crippen molar-refractivity contribution in [1.29, 1.82) is 0 Å². The summed E-state index contributed by atoms with van der Waals surface area (Å²) in [5.41, 5.74) is -2.15. The second kappa shape index (κ2) is 8.11. The normalized spacial score (nSPS) is 12.1. The van der Waals surface area contributed by atoms with Crippen molar-refractivity contribution in [2.45, 2.75) is 12.4 Å². The third-order valence-corrected chi connectivity index (χ3v) is 4.26. The van der Waals surface area contributed by atoms with Crippen LogP contribution in [0.3, 0.4) is 0 Å². The fourth-order valence-corrected chi connectivity index (χ4v) is 2.76. The van der Waals surface area contributed by atoms with Gasteiger partial charge in [-0.25, -0.2) is 9.97 Å². The van der Waals surface area contributed by atoms with E-state index < -0.39 is 23.7 Å². The number of nitrogens with zero attached hydrogens (tertiary/aromatic N) is 7. The Hall–Kier alpha value is -4.10. The Kier molecular flexibility index (Phi) is 5.43. The lowest BCUT2D eigenvalue weighted by molar-refractivity contribution is -0.141. The Bertz CT molecular complexity index is 1300. The summed E-state index contributed by atoms with van der Waals surface area (Å²) < 4.78 is 79.7. The lowest BCUT2D eigenvalue weighted by Crippen LogP contribution is -2.10. The maximum Gasteiger partial charge on any atom is 0.433 e. The lowest BCUT2D eigenvalue weighted by atomic mass is 10.2. The summed E-state index contributed by atoms with van der Waals surface area (Å²) in [5, 5.41) is 6.60. The van der Waals surface area contributed by atoms with Crippen LogP contribution in [0.15, 0.2) is 48.8 Å². The highest BCUT2D eigenvalue weighted by atomic mass is 19.4. The third kappa shape index (κ3) is 4.88. The Labute approximate surface area is 181 Å². The largest absolute Gasteiger partial charge is 0.433 e. The highest BCUT2D eigenvalue weighted by molar-refractivity contribution is 5.61. The van der Waals surface area contributed by atoms with Crippen LogP contribution in [0.1, 0.15) is 11.4 Å². The molecule has 0 aromatic carbocycles. The van der Waals surface area contributed by atoms with E-state index in [1.54, 1.807) is 13.1 Å². The van der Waals surface area contributed by atoms with Crippen LogP contribution in [-0.2, 0) is 19.4 Å². The summed E-state index contributed by atoms with van der Waals surface area (Å²) in [6, 6.07) is 6.76. The van der Waals surface area contributed by atoms with Gasteiger partial charge in [0.1, 0.15) is 22.8 Å². The molecule has 0 spiro atoms. The smallest absolute Gasteiger partial charge is 0.324 e. The van der Waals surface area contributed by atoms with Crippen LogP contribution in [0, 0.1) is 0 Å². The number of hydrogen-bond donors (Lipinski definition) is 1. The molecule has 0 aliphatic rings. The molecule has 0 aliphatic carbocycles. The van der Waals surface area contributed by atoms with Gasteiger partial charge in [0.25, 0.3) is 0 Å². The number of hydrogen-bond acceptors (Lipinski definition) is 7. The summed E-state index contributed by atoms with van der Waals surface area (Å²) in [5.74, 6) is -0.415. The minimum Gasteiger partial charge on any atom is -0.324 e. The van der Waals surface area contributed by atoms with Gasteiger partial charge in [0.2, 0.25) is 5.95 Å². The van der Waals surface area contributed by atoms with Crippen LogP contribution in [0.5, 0.6) is 0 Å². The van der Waals surface area contributed by atoms with Gasteiger partial charge in [-0.3, -0.25) is 9.67 Å². The molecule has 0 bridgehead atoms. The van der Waals surface area contributed by atoms with Crippen LogP contribution in [0.2, 0.25) is 0 Å². The molecule has 170 valence electrons. The fraction of sp³-hybridized carbons (Fsp3) is 0.158. The molecular formula is C19H12F6N8. The molecule has 1 N–H and O–H groups in total. The molecule has 0 saturated carbocycles. The van der Waals surface area contributed by atoms with Crippen molar-refractivity contribution in [3.8, 4) is 23.0 Å². The van der Waals surface area contributed by atoms with Crippen LogP contribution >= 0.6 is 0 Å². The van der Waals surface area contributed by atoms with Crippen molar-refractivity contribution in [3.63, 3.8) is 0 Å². The number of anilines is 2. The number of alkyl halides is 6. The second-order valence-electron chi connectivity index (χ2n) is 6.60. The highest BCUT2D eigenvalue weighted by Crippen LogP contribution is 2.31. The SMILES string of the molecule is Cn1nccc1-c1nc(Nc2ccnc(C(F)(F)F)c2)nc(-c2cccc(C(F)(F)F)n2)n1. The summed E-state index contributed by atoms with van der Waals surface area (Å²) in [6.45, 7) is 0. The highest BCUT2D eigenvalue weighted by Gasteiger charge is 2.33. The van der Waals surface area contributed by atoms with E-state index in [1.165, 1.54) is 23.0 Å². The monoisotopic (exact) mass is 466 g/mol. The molecule has 4 rings (SSSR count). The second-order valence-corrected chi connectivity index (χ2v) is 6.60. The minimum absolute atomic E-state index is 0.0202. The van der Waals surface area contributed by atoms with Crippen LogP contribution in [-0.4, -0.2) is 34.7 Å². The predicted molar refractivity (Wildman–Crippen MR) is 103 cm³/mol. The Morgan fingerprint density at radius 3 is 2.18 bits per heavy atom. The van der Waals surface area contributed by atoms with Crippen molar-refractivity contribution in [3.05, 3.63) is 60.2 Å². The molecule has 4 aromatic rings. The molecule has 0 amide bonds. The van der Waals surface area contributed by atoms with Gasteiger partial charge in [-0.1, -0.05) is 6.07 Å². The van der Waals surface area contributed by atoms with E-state index in [-0.39, 0.29) is 29.0 Å². The van der Waals surface area contributed by atoms with E-state index in [0.717, 1.165) is 24.4 Å². The van der Waals surface area contributed by atoms with E-state index >= 15 is 0 Å². The van der Waals surface area contributed by atoms with E-state index in [0.29, 0.717) is 5.69 Å². The van der Waals surface area contributed by atoms with Crippen molar-refractivity contribution >= 4 is 11.6 Å². The van der Waals surface area contributed by atoms with Crippen LogP contribution in [0.4, 0.5) is 38.0 Å². The number of pyridine rings is 2. The number of aromatic nitrogens is 7. The van der Waals surface area contributed by atoms with E-state index in [9.17, 15) is 26.3 Å². The molecule has 0 aliphatic heterocycles. The van der Waals surface area contributed by atoms with Crippen LogP contribution < -0.4 is 5.32 Å². The van der Waals surface area contributed by atoms with Crippen molar-refractivity contribution in [2.24, 2.45) is 7.05 Å². The summed E-state index contributed by atoms with van der Waals surface area (Å²) in [6.07, 6.45) is -6.97. The molecular weight excluding hydrogens is 454 g/mol. The lowest BCUT2D eigenvalue weighted by Gasteiger charge is -2.11. The third-order valence-electron chi connectivity index (χ3n) is 4.26. The average Bonchev–Trinajstić information content (AvgIpc) is 3.18. The predicted octanol–water partition coefficient (Wildman–Crippen LogP) is 4.51. The molecule has 0 fully saturated rings. The van der Waals surface area contributed by atoms with Gasteiger partial charge in [0.05, 0.1) is 0 Å². The topological polar surface area (TPSA) is 94.3 Å². The molecule has 0 radical (unpaired) electrons. The summed E-state index contributed by atoms with van der Waals surface area (Å²) in [4.78, 5) is 19.3. The average molecular weight is 466 g/mol. The Morgan fingerprint density at radius 1 is 0.788 bits per heavy atom. The van der Waals surface area contributed by atoms with E-state index in [2.05, 4.69) is 35.3 Å². The first kappa shape index (κ1) is 22.1. The Balaban J connectivity index is 1.81. The first-order valence-corrected chi connectivity index (χ1v) is 9.10. The molecule has 0 unspecified atom stereocenters. The molecule has 0 saturated heterocycles. The first-order valence-electron chi connectivity index (χ1n) is 9.10. The van der Waals surface area contributed by atoms with Gasteiger partial charge in [-0.2, -0.15) is 41.4 Å². The van der Waals surface area contributed by atoms with Gasteiger partial charge >= 0.3 is 12.4 Å². The van der Waals surface area contributed by atoms with Gasteiger partial charge in [-0.15, -0.1) is 0 Å². The number of halogens is 6. The standard InChI is InChI=1S/C19H12F6N8/c1-33-12(6-8-27-33)16-30-15(11-3-2-4-13(29-11)18(20,21)22)31-17(32-16)28-10-5-7-26-14(9-10)19(23,24)25/h2-9H,1H3,(H,26,28,30,31,32). The van der Waals surface area contributed by atoms with Crippen molar-refractivity contribution in [1.82, 2.24) is 34.7 Å². The zero-order valence-electron chi connectivity index (χ0n) is 16.5. The van der Waals surface area contributed by atoms with E-state index in [4.69, 9.17) is 0 Å². The quantitative estimate of drug-likeness (QED) is 0.442. The van der Waals surface area contributed by atoms with Gasteiger partial charge in [0.15, 0.2) is 11.6 Å². The summed E-state index contributed by atoms with van der Waals surface area (Å²) >= 11 is 0. The molecule has 0 atom stereocenters. The van der Waals surface area contributed by atoms with Gasteiger partial charge in [-0.05, 0) is 30.3 Å². The zero-order valence-corrected chi connectivity index (χ0v) is 16.5. The maximum absolute atomic E-state index is 13.1.